The van der Waals surface area contributed by atoms with E-state index < -0.39 is 12.5 Å². The van der Waals surface area contributed by atoms with Crippen LogP contribution in [-0.2, 0) is 4.74 Å². The third-order valence-electron chi connectivity index (χ3n) is 3.46. The Labute approximate surface area is 147 Å². The van der Waals surface area contributed by atoms with E-state index in [0.29, 0.717) is 31.9 Å². The number of nitrogens with zero attached hydrogens (tertiary/aromatic N) is 2. The van der Waals surface area contributed by atoms with Crippen LogP contribution < -0.4 is 5.32 Å². The minimum atomic E-state index is -2.92. The third-order valence-corrected chi connectivity index (χ3v) is 3.89. The smallest absolute Gasteiger partial charge is 0.272 e. The molecule has 0 aromatic carbocycles. The molecule has 0 unspecified atom stereocenters. The second kappa shape index (κ2) is 7.98. The molecule has 1 aliphatic heterocycles. The summed E-state index contributed by atoms with van der Waals surface area (Å²) in [5.41, 5.74) is 0.731. The van der Waals surface area contributed by atoms with Crippen LogP contribution in [0.5, 0.6) is 0 Å². The average molecular weight is 405 g/mol. The Morgan fingerprint density at radius 1 is 1.50 bits per heavy atom. The van der Waals surface area contributed by atoms with Gasteiger partial charge in [0, 0.05) is 44.1 Å². The summed E-state index contributed by atoms with van der Waals surface area (Å²) in [6.07, 6.45) is 2.07. The van der Waals surface area contributed by atoms with Gasteiger partial charge in [0.05, 0.1) is 13.2 Å². The minimum absolute atomic E-state index is 0.000842. The van der Waals surface area contributed by atoms with Gasteiger partial charge in [-0.1, -0.05) is 0 Å². The summed E-state index contributed by atoms with van der Waals surface area (Å²) in [5.74, 6) is -3.19. The molecule has 1 aromatic heterocycles. The molecule has 9 heteroatoms. The van der Waals surface area contributed by atoms with Crippen molar-refractivity contribution in [2.24, 2.45) is 0 Å². The lowest BCUT2D eigenvalue weighted by Crippen LogP contribution is -2.34. The highest BCUT2D eigenvalue weighted by atomic mass is 79.9. The first kappa shape index (κ1) is 18.7. The van der Waals surface area contributed by atoms with E-state index in [9.17, 15) is 13.6 Å². The number of hydrogen-bond acceptors (Lipinski definition) is 5. The first-order valence-corrected chi connectivity index (χ1v) is 8.30. The summed E-state index contributed by atoms with van der Waals surface area (Å²) in [5, 5.41) is 10.2. The lowest BCUT2D eigenvalue weighted by atomic mass is 10.2. The molecular formula is C15H19BrF2N4O2. The van der Waals surface area contributed by atoms with Crippen LogP contribution >= 0.6 is 15.9 Å². The van der Waals surface area contributed by atoms with Gasteiger partial charge in [-0.25, -0.2) is 8.78 Å². The van der Waals surface area contributed by atoms with Crippen LogP contribution in [0.25, 0.3) is 0 Å². The number of ether oxygens (including phenoxy) is 1. The molecular weight excluding hydrogens is 386 g/mol. The SMILES string of the molecule is CC(F)(F)CNc1cc(C(=O)N2CCCOCC2)ncc1C(=N)Br. The Morgan fingerprint density at radius 2 is 2.25 bits per heavy atom. The van der Waals surface area contributed by atoms with Gasteiger partial charge in [0.1, 0.15) is 10.3 Å². The number of hydrogen-bond donors (Lipinski definition) is 2. The molecule has 2 heterocycles. The van der Waals surface area contributed by atoms with Gasteiger partial charge >= 0.3 is 0 Å². The van der Waals surface area contributed by atoms with Crippen molar-refractivity contribution < 1.29 is 18.3 Å². The van der Waals surface area contributed by atoms with Gasteiger partial charge in [0.15, 0.2) is 0 Å². The van der Waals surface area contributed by atoms with E-state index in [1.807, 2.05) is 0 Å². The van der Waals surface area contributed by atoms with E-state index in [1.165, 1.54) is 12.3 Å². The number of pyridine rings is 1. The van der Waals surface area contributed by atoms with Crippen LogP contribution in [-0.4, -0.2) is 59.2 Å². The van der Waals surface area contributed by atoms with E-state index in [2.05, 4.69) is 26.2 Å². The van der Waals surface area contributed by atoms with Crippen LogP contribution in [0.15, 0.2) is 12.3 Å². The maximum absolute atomic E-state index is 13.1. The van der Waals surface area contributed by atoms with Crippen molar-refractivity contribution in [3.05, 3.63) is 23.5 Å². The highest BCUT2D eigenvalue weighted by Crippen LogP contribution is 2.22. The summed E-state index contributed by atoms with van der Waals surface area (Å²) in [6, 6.07) is 1.41. The fourth-order valence-electron chi connectivity index (χ4n) is 2.26. The van der Waals surface area contributed by atoms with Crippen LogP contribution in [0.2, 0.25) is 0 Å². The Bertz CT molecular complexity index is 614. The van der Waals surface area contributed by atoms with Gasteiger partial charge in [-0.05, 0) is 28.4 Å². The van der Waals surface area contributed by atoms with Crippen molar-refractivity contribution in [2.75, 3.05) is 38.2 Å². The zero-order valence-electron chi connectivity index (χ0n) is 13.2. The Kier molecular flexibility index (Phi) is 6.22. The number of nitrogens with one attached hydrogen (secondary N) is 2. The number of aromatic nitrogens is 1. The summed E-state index contributed by atoms with van der Waals surface area (Å²) in [4.78, 5) is 18.3. The van der Waals surface area contributed by atoms with Gasteiger partial charge < -0.3 is 15.0 Å². The fraction of sp³-hybridized carbons (Fsp3) is 0.533. The number of rotatable bonds is 5. The molecule has 1 aromatic rings. The lowest BCUT2D eigenvalue weighted by molar-refractivity contribution is 0.0367. The Hall–Kier alpha value is -1.61. The van der Waals surface area contributed by atoms with Gasteiger partial charge in [0.2, 0.25) is 0 Å². The molecule has 24 heavy (non-hydrogen) atoms. The van der Waals surface area contributed by atoms with Crippen molar-refractivity contribution in [1.29, 1.82) is 5.41 Å². The van der Waals surface area contributed by atoms with E-state index >= 15 is 0 Å². The molecule has 0 radical (unpaired) electrons. The fourth-order valence-corrected chi connectivity index (χ4v) is 2.57. The number of carbonyl (C=O) groups excluding carboxylic acids is 1. The normalized spacial score (nSPS) is 15.8. The maximum Gasteiger partial charge on any atom is 0.272 e. The second-order valence-electron chi connectivity index (χ2n) is 5.61. The topological polar surface area (TPSA) is 78.3 Å². The zero-order chi connectivity index (χ0) is 17.7. The molecule has 0 bridgehead atoms. The summed E-state index contributed by atoms with van der Waals surface area (Å²) in [6.45, 7) is 2.29. The molecule has 1 fully saturated rings. The van der Waals surface area contributed by atoms with Crippen LogP contribution in [0, 0.1) is 5.41 Å². The molecule has 1 amide bonds. The zero-order valence-corrected chi connectivity index (χ0v) is 14.8. The predicted octanol–water partition coefficient (Wildman–Crippen LogP) is 2.73. The van der Waals surface area contributed by atoms with Crippen molar-refractivity contribution in [3.63, 3.8) is 0 Å². The van der Waals surface area contributed by atoms with Crippen molar-refractivity contribution >= 4 is 32.1 Å². The molecule has 0 saturated carbocycles. The molecule has 6 nitrogen and oxygen atoms in total. The van der Waals surface area contributed by atoms with Crippen LogP contribution in [0.1, 0.15) is 29.4 Å². The maximum atomic E-state index is 13.1. The molecule has 0 spiro atoms. The standard InChI is InChI=1S/C15H19BrF2N4O2/c1-15(17,18)9-21-11-7-12(20-8-10(11)13(16)19)14(23)22-3-2-5-24-6-4-22/h7-8,19H,2-6,9H2,1H3,(H,20,21). The average Bonchev–Trinajstić information content (AvgIpc) is 2.80. The van der Waals surface area contributed by atoms with Gasteiger partial charge in [-0.3, -0.25) is 15.2 Å². The monoisotopic (exact) mass is 404 g/mol. The first-order chi connectivity index (χ1) is 11.3. The number of carbonyl (C=O) groups is 1. The predicted molar refractivity (Wildman–Crippen MR) is 90.4 cm³/mol. The highest BCUT2D eigenvalue weighted by molar-refractivity contribution is 9.18. The van der Waals surface area contributed by atoms with Gasteiger partial charge in [-0.15, -0.1) is 0 Å². The number of amides is 1. The number of halogens is 3. The summed E-state index contributed by atoms with van der Waals surface area (Å²) in [7, 11) is 0. The minimum Gasteiger partial charge on any atom is -0.380 e. The molecule has 132 valence electrons. The Balaban J connectivity index is 2.23. The van der Waals surface area contributed by atoms with Gasteiger partial charge in [0.25, 0.3) is 11.8 Å². The highest BCUT2D eigenvalue weighted by Gasteiger charge is 2.23. The van der Waals surface area contributed by atoms with Crippen molar-refractivity contribution in [2.45, 2.75) is 19.3 Å². The third kappa shape index (κ3) is 5.20. The summed E-state index contributed by atoms with van der Waals surface area (Å²) < 4.78 is 31.5. The second-order valence-corrected chi connectivity index (χ2v) is 6.40. The lowest BCUT2D eigenvalue weighted by Gasteiger charge is -2.20. The van der Waals surface area contributed by atoms with E-state index in [1.54, 1.807) is 4.90 Å². The molecule has 2 N–H and O–H groups in total. The summed E-state index contributed by atoms with van der Waals surface area (Å²) >= 11 is 3.01. The number of anilines is 1. The molecule has 2 rings (SSSR count). The van der Waals surface area contributed by atoms with Crippen molar-refractivity contribution in [1.82, 2.24) is 9.88 Å². The van der Waals surface area contributed by atoms with E-state index in [4.69, 9.17) is 10.1 Å². The molecule has 0 aliphatic carbocycles. The van der Waals surface area contributed by atoms with Crippen molar-refractivity contribution in [3.8, 4) is 0 Å². The van der Waals surface area contributed by atoms with E-state index in [-0.39, 0.29) is 21.9 Å². The van der Waals surface area contributed by atoms with Crippen LogP contribution in [0.4, 0.5) is 14.5 Å². The molecule has 1 saturated heterocycles. The molecule has 0 atom stereocenters. The Morgan fingerprint density at radius 3 is 2.92 bits per heavy atom. The largest absolute Gasteiger partial charge is 0.380 e. The molecule has 1 aliphatic rings. The van der Waals surface area contributed by atoms with Crippen LogP contribution in [0.3, 0.4) is 0 Å². The quantitative estimate of drug-likeness (QED) is 0.739. The van der Waals surface area contributed by atoms with Gasteiger partial charge in [-0.2, -0.15) is 0 Å². The van der Waals surface area contributed by atoms with E-state index in [0.717, 1.165) is 13.3 Å². The first-order valence-electron chi connectivity index (χ1n) is 7.51. The number of alkyl halides is 2.